The first-order chi connectivity index (χ1) is 7.64. The van der Waals surface area contributed by atoms with E-state index < -0.39 is 0 Å². The molecule has 0 radical (unpaired) electrons. The summed E-state index contributed by atoms with van der Waals surface area (Å²) in [6.07, 6.45) is 2.01. The Morgan fingerprint density at radius 2 is 2.38 bits per heavy atom. The molecule has 1 fully saturated rings. The maximum Gasteiger partial charge on any atom is 0.0933 e. The normalized spacial score (nSPS) is 21.7. The zero-order valence-electron chi connectivity index (χ0n) is 10.3. The maximum absolute atomic E-state index is 8.84. The number of nitriles is 1. The first-order valence-electron chi connectivity index (χ1n) is 5.95. The maximum atomic E-state index is 8.84. The minimum atomic E-state index is -0.230. The van der Waals surface area contributed by atoms with Crippen molar-refractivity contribution in [2.75, 3.05) is 32.9 Å². The number of rotatable bonds is 6. The van der Waals surface area contributed by atoms with Crippen LogP contribution in [-0.4, -0.2) is 39.0 Å². The van der Waals surface area contributed by atoms with Crippen LogP contribution < -0.4 is 5.32 Å². The largest absolute Gasteiger partial charge is 0.379 e. The van der Waals surface area contributed by atoms with Gasteiger partial charge in [-0.2, -0.15) is 5.26 Å². The average Bonchev–Trinajstić information content (AvgIpc) is 2.30. The van der Waals surface area contributed by atoms with E-state index in [4.69, 9.17) is 14.7 Å². The predicted molar refractivity (Wildman–Crippen MR) is 62.1 cm³/mol. The molecule has 1 N–H and O–H groups in total. The van der Waals surface area contributed by atoms with Crippen molar-refractivity contribution >= 4 is 0 Å². The van der Waals surface area contributed by atoms with Crippen molar-refractivity contribution in [2.45, 2.75) is 32.8 Å². The van der Waals surface area contributed by atoms with Crippen molar-refractivity contribution in [3.8, 4) is 6.07 Å². The summed E-state index contributed by atoms with van der Waals surface area (Å²) >= 11 is 0. The van der Waals surface area contributed by atoms with Gasteiger partial charge >= 0.3 is 0 Å². The molecule has 0 bridgehead atoms. The summed E-state index contributed by atoms with van der Waals surface area (Å²) in [6.45, 7) is 7.87. The molecule has 0 aromatic heterocycles. The molecule has 1 aliphatic rings. The molecule has 1 atom stereocenters. The molecule has 92 valence electrons. The van der Waals surface area contributed by atoms with E-state index in [9.17, 15) is 0 Å². The van der Waals surface area contributed by atoms with Crippen LogP contribution in [-0.2, 0) is 9.47 Å². The lowest BCUT2D eigenvalue weighted by molar-refractivity contribution is -0.0324. The Labute approximate surface area is 97.9 Å². The molecule has 0 aromatic carbocycles. The van der Waals surface area contributed by atoms with E-state index >= 15 is 0 Å². The van der Waals surface area contributed by atoms with Crippen LogP contribution in [0.4, 0.5) is 0 Å². The first-order valence-corrected chi connectivity index (χ1v) is 5.95. The van der Waals surface area contributed by atoms with Gasteiger partial charge in [0.2, 0.25) is 0 Å². The van der Waals surface area contributed by atoms with Crippen LogP contribution in [0.2, 0.25) is 0 Å². The van der Waals surface area contributed by atoms with Crippen LogP contribution in [0.5, 0.6) is 0 Å². The molecule has 4 heteroatoms. The molecule has 0 amide bonds. The van der Waals surface area contributed by atoms with Gasteiger partial charge in [-0.05, 0) is 26.7 Å². The van der Waals surface area contributed by atoms with Gasteiger partial charge in [0.1, 0.15) is 0 Å². The van der Waals surface area contributed by atoms with Crippen LogP contribution in [0.3, 0.4) is 0 Å². The van der Waals surface area contributed by atoms with Crippen LogP contribution in [0, 0.1) is 16.7 Å². The molecule has 0 spiro atoms. The van der Waals surface area contributed by atoms with Gasteiger partial charge in [-0.1, -0.05) is 0 Å². The van der Waals surface area contributed by atoms with Crippen molar-refractivity contribution in [3.63, 3.8) is 0 Å². The fourth-order valence-corrected chi connectivity index (χ4v) is 1.61. The monoisotopic (exact) mass is 226 g/mol. The van der Waals surface area contributed by atoms with Gasteiger partial charge in [-0.25, -0.2) is 0 Å². The molecule has 1 saturated heterocycles. The molecule has 1 aliphatic heterocycles. The number of morpholine rings is 1. The smallest absolute Gasteiger partial charge is 0.0933 e. The van der Waals surface area contributed by atoms with E-state index in [0.717, 1.165) is 32.5 Å². The summed E-state index contributed by atoms with van der Waals surface area (Å²) < 4.78 is 11.0. The second-order valence-corrected chi connectivity index (χ2v) is 4.87. The molecule has 1 unspecified atom stereocenters. The minimum absolute atomic E-state index is 0.192. The third-order valence-corrected chi connectivity index (χ3v) is 2.70. The number of nitrogens with one attached hydrogen (secondary N) is 1. The highest BCUT2D eigenvalue weighted by molar-refractivity contribution is 4.91. The fraction of sp³-hybridized carbons (Fsp3) is 0.917. The zero-order chi connectivity index (χ0) is 11.9. The summed E-state index contributed by atoms with van der Waals surface area (Å²) in [7, 11) is 0. The summed E-state index contributed by atoms with van der Waals surface area (Å²) in [5.74, 6) is 0. The van der Waals surface area contributed by atoms with Crippen molar-refractivity contribution in [1.82, 2.24) is 5.32 Å². The number of nitrogens with zero attached hydrogens (tertiary/aromatic N) is 1. The Kier molecular flexibility index (Phi) is 5.75. The quantitative estimate of drug-likeness (QED) is 0.694. The molecular formula is C12H22N2O2. The van der Waals surface area contributed by atoms with Crippen molar-refractivity contribution in [2.24, 2.45) is 5.41 Å². The van der Waals surface area contributed by atoms with Crippen LogP contribution in [0.25, 0.3) is 0 Å². The summed E-state index contributed by atoms with van der Waals surface area (Å²) in [6, 6.07) is 2.29. The molecule has 1 heterocycles. The lowest BCUT2D eigenvalue weighted by Gasteiger charge is -2.23. The Morgan fingerprint density at radius 3 is 3.00 bits per heavy atom. The third kappa shape index (κ3) is 5.45. The summed E-state index contributed by atoms with van der Waals surface area (Å²) in [5, 5.41) is 12.1. The Bertz CT molecular complexity index is 230. The van der Waals surface area contributed by atoms with Gasteiger partial charge in [0, 0.05) is 19.7 Å². The topological polar surface area (TPSA) is 54.3 Å². The molecule has 4 nitrogen and oxygen atoms in total. The Hall–Kier alpha value is -0.630. The van der Waals surface area contributed by atoms with Gasteiger partial charge in [0.15, 0.2) is 0 Å². The highest BCUT2D eigenvalue weighted by Gasteiger charge is 2.16. The van der Waals surface area contributed by atoms with E-state index in [2.05, 4.69) is 11.4 Å². The van der Waals surface area contributed by atoms with Gasteiger partial charge in [-0.15, -0.1) is 0 Å². The highest BCUT2D eigenvalue weighted by Crippen LogP contribution is 2.20. The van der Waals surface area contributed by atoms with Crippen molar-refractivity contribution < 1.29 is 9.47 Å². The summed E-state index contributed by atoms with van der Waals surface area (Å²) in [4.78, 5) is 0. The van der Waals surface area contributed by atoms with Crippen LogP contribution in [0.1, 0.15) is 26.7 Å². The van der Waals surface area contributed by atoms with Crippen LogP contribution >= 0.6 is 0 Å². The molecule has 1 rings (SSSR count). The van der Waals surface area contributed by atoms with Crippen molar-refractivity contribution in [1.29, 1.82) is 5.26 Å². The van der Waals surface area contributed by atoms with Gasteiger partial charge in [0.25, 0.3) is 0 Å². The van der Waals surface area contributed by atoms with Gasteiger partial charge in [0.05, 0.1) is 30.8 Å². The molecule has 0 saturated carbocycles. The summed E-state index contributed by atoms with van der Waals surface area (Å²) in [5.41, 5.74) is -0.230. The third-order valence-electron chi connectivity index (χ3n) is 2.70. The molecule has 0 aromatic rings. The molecule has 0 aliphatic carbocycles. The number of hydrogen-bond donors (Lipinski definition) is 1. The van der Waals surface area contributed by atoms with Gasteiger partial charge in [-0.3, -0.25) is 0 Å². The lowest BCUT2D eigenvalue weighted by Crippen LogP contribution is -2.41. The standard InChI is InChI=1S/C12H22N2O2/c1-12(2,10-13)4-3-6-15-9-11-8-14-5-7-16-11/h11,14H,3-9H2,1-2H3. The lowest BCUT2D eigenvalue weighted by atomic mass is 9.90. The van der Waals surface area contributed by atoms with Gasteiger partial charge < -0.3 is 14.8 Å². The number of ether oxygens (including phenoxy) is 2. The SMILES string of the molecule is CC(C)(C#N)CCCOCC1CNCCO1. The first kappa shape index (κ1) is 13.4. The van der Waals surface area contributed by atoms with Crippen molar-refractivity contribution in [3.05, 3.63) is 0 Å². The Balaban J connectivity index is 1.97. The predicted octanol–water partition coefficient (Wildman–Crippen LogP) is 1.32. The van der Waals surface area contributed by atoms with E-state index in [1.54, 1.807) is 0 Å². The van der Waals surface area contributed by atoms with E-state index in [0.29, 0.717) is 13.2 Å². The average molecular weight is 226 g/mol. The van der Waals surface area contributed by atoms with E-state index in [1.807, 2.05) is 13.8 Å². The Morgan fingerprint density at radius 1 is 1.56 bits per heavy atom. The fourth-order valence-electron chi connectivity index (χ4n) is 1.61. The highest BCUT2D eigenvalue weighted by atomic mass is 16.5. The number of hydrogen-bond acceptors (Lipinski definition) is 4. The van der Waals surface area contributed by atoms with Crippen LogP contribution in [0.15, 0.2) is 0 Å². The zero-order valence-corrected chi connectivity index (χ0v) is 10.3. The minimum Gasteiger partial charge on any atom is -0.379 e. The van der Waals surface area contributed by atoms with E-state index in [1.165, 1.54) is 0 Å². The molecule has 16 heavy (non-hydrogen) atoms. The molecular weight excluding hydrogens is 204 g/mol. The van der Waals surface area contributed by atoms with E-state index in [-0.39, 0.29) is 11.5 Å². The second kappa shape index (κ2) is 6.85. The second-order valence-electron chi connectivity index (χ2n) is 4.87.